The van der Waals surface area contributed by atoms with E-state index in [9.17, 15) is 25.3 Å². The molecule has 0 atom stereocenters. The molecule has 0 aliphatic carbocycles. The molecule has 0 saturated heterocycles. The van der Waals surface area contributed by atoms with Crippen LogP contribution in [-0.2, 0) is 64.1 Å². The van der Waals surface area contributed by atoms with Gasteiger partial charge in [-0.05, 0) is 73.9 Å². The van der Waals surface area contributed by atoms with Gasteiger partial charge >= 0.3 is 0 Å². The van der Waals surface area contributed by atoms with Crippen LogP contribution in [0.5, 0.6) is 17.2 Å². The molecule has 3 heterocycles. The van der Waals surface area contributed by atoms with Gasteiger partial charge in [-0.3, -0.25) is 0 Å². The summed E-state index contributed by atoms with van der Waals surface area (Å²) >= 11 is 0. The minimum atomic E-state index is -3.97. The Kier molecular flexibility index (Phi) is 16.5. The van der Waals surface area contributed by atoms with E-state index >= 15 is 0 Å². The van der Waals surface area contributed by atoms with E-state index in [-0.39, 0.29) is 131 Å². The maximum Gasteiger partial charge on any atom is 0.243 e. The highest BCUT2D eigenvalue weighted by Crippen LogP contribution is 2.29. The molecule has 0 aromatic heterocycles. The quantitative estimate of drug-likeness (QED) is 0.180. The lowest BCUT2D eigenvalue weighted by Gasteiger charge is -2.24. The van der Waals surface area contributed by atoms with Crippen molar-refractivity contribution in [1.29, 1.82) is 0 Å². The molecule has 0 fully saturated rings. The van der Waals surface area contributed by atoms with Crippen LogP contribution in [0, 0.1) is 20.8 Å². The third kappa shape index (κ3) is 13.0. The number of sulfonamides is 3. The average Bonchev–Trinajstić information content (AvgIpc) is 3.28. The number of aryl methyl sites for hydroxylation is 3. The topological polar surface area (TPSA) is 168 Å². The van der Waals surface area contributed by atoms with Gasteiger partial charge in [-0.25, -0.2) is 25.3 Å². The molecule has 354 valence electrons. The normalized spacial score (nSPS) is 17.7. The van der Waals surface area contributed by atoms with Crippen LogP contribution >= 0.6 is 0 Å². The highest BCUT2D eigenvalue weighted by Gasteiger charge is 2.27. The third-order valence-electron chi connectivity index (χ3n) is 11.0. The largest absolute Gasteiger partial charge is 0.492 e. The van der Waals surface area contributed by atoms with Crippen molar-refractivity contribution < 1.29 is 53.7 Å². The van der Waals surface area contributed by atoms with Gasteiger partial charge in [0.2, 0.25) is 30.1 Å². The van der Waals surface area contributed by atoms with Gasteiger partial charge in [0.25, 0.3) is 0 Å². The molecule has 66 heavy (non-hydrogen) atoms. The summed E-state index contributed by atoms with van der Waals surface area (Å²) in [5, 5.41) is 0. The predicted molar refractivity (Wildman–Crippen MR) is 248 cm³/mol. The Morgan fingerprint density at radius 1 is 0.348 bits per heavy atom. The molecule has 18 heteroatoms. The second kappa shape index (κ2) is 22.3. The Labute approximate surface area is 388 Å². The van der Waals surface area contributed by atoms with E-state index in [4.69, 9.17) is 28.4 Å². The summed E-state index contributed by atoms with van der Waals surface area (Å²) < 4.78 is 125. The molecule has 8 rings (SSSR count). The number of rotatable bonds is 6. The Morgan fingerprint density at radius 2 is 0.591 bits per heavy atom. The fourth-order valence-corrected chi connectivity index (χ4v) is 11.6. The van der Waals surface area contributed by atoms with Gasteiger partial charge in [-0.15, -0.1) is 0 Å². The molecule has 0 radical (unpaired) electrons. The first-order valence-electron chi connectivity index (χ1n) is 21.8. The molecule has 0 spiro atoms. The van der Waals surface area contributed by atoms with Crippen molar-refractivity contribution in [3.8, 4) is 17.2 Å². The lowest BCUT2D eigenvalue weighted by Crippen LogP contribution is -2.37. The molecule has 3 aliphatic rings. The van der Waals surface area contributed by atoms with E-state index in [0.717, 1.165) is 33.4 Å². The molecular formula is C48H57N3O12S3. The Balaban J connectivity index is 1.25. The molecular weight excluding hydrogens is 907 g/mol. The van der Waals surface area contributed by atoms with Crippen LogP contribution in [0.4, 0.5) is 0 Å². The molecule has 6 bridgehead atoms. The van der Waals surface area contributed by atoms with Gasteiger partial charge in [0.1, 0.15) is 37.1 Å². The highest BCUT2D eigenvalue weighted by atomic mass is 32.2. The SMILES string of the molecule is Cc1ccc(S(=O)(=O)N2CCOCc3cc4cc(c3)COCCN(S(=O)(=O)c3ccc(C)cc3)CCOc3cc(cc(c3)OCCN(S(=O)(=O)c3ccc(C)cc3)CCOC4)OCC2)cc1. The Hall–Kier alpha value is -4.89. The number of fused-ring (bicyclic) bond motifs is 21. The number of benzene rings is 5. The summed E-state index contributed by atoms with van der Waals surface area (Å²) in [5.41, 5.74) is 5.07. The number of hydrogen-bond donors (Lipinski definition) is 0. The van der Waals surface area contributed by atoms with E-state index in [1.165, 1.54) is 12.9 Å². The summed E-state index contributed by atoms with van der Waals surface area (Å²) in [6, 6.07) is 30.5. The summed E-state index contributed by atoms with van der Waals surface area (Å²) in [4.78, 5) is 0.406. The Morgan fingerprint density at radius 3 is 0.848 bits per heavy atom. The molecule has 5 aromatic carbocycles. The summed E-state index contributed by atoms with van der Waals surface area (Å²) in [7, 11) is -11.9. The first-order valence-corrected chi connectivity index (χ1v) is 26.1. The smallest absolute Gasteiger partial charge is 0.243 e. The van der Waals surface area contributed by atoms with Crippen molar-refractivity contribution in [1.82, 2.24) is 12.9 Å². The van der Waals surface area contributed by atoms with Crippen molar-refractivity contribution in [3.63, 3.8) is 0 Å². The number of nitrogens with zero attached hydrogens (tertiary/aromatic N) is 3. The van der Waals surface area contributed by atoms with Crippen LogP contribution in [0.2, 0.25) is 0 Å². The maximum atomic E-state index is 14.1. The average molecular weight is 964 g/mol. The van der Waals surface area contributed by atoms with Gasteiger partial charge in [0.15, 0.2) is 0 Å². The van der Waals surface area contributed by atoms with E-state index < -0.39 is 30.1 Å². The van der Waals surface area contributed by atoms with Crippen molar-refractivity contribution in [2.75, 3.05) is 78.9 Å². The fraction of sp³-hybridized carbons (Fsp3) is 0.375. The van der Waals surface area contributed by atoms with Gasteiger partial charge < -0.3 is 28.4 Å². The minimum absolute atomic E-state index is 0.0349. The van der Waals surface area contributed by atoms with Crippen LogP contribution in [0.25, 0.3) is 0 Å². The summed E-state index contributed by atoms with van der Waals surface area (Å²) in [5.74, 6) is 0.837. The van der Waals surface area contributed by atoms with Crippen molar-refractivity contribution in [3.05, 3.63) is 143 Å². The number of hydrogen-bond acceptors (Lipinski definition) is 12. The standard InChI is InChI=1S/C48H57N3O12S3/c1-37-4-10-46(11-5-37)64(52,53)49-16-22-58-34-40-28-41-30-42(29-40)36-60-24-18-51(66(56,57)48-14-8-39(3)9-15-48)21-27-63-45-32-43(61-25-19-49)31-44(33-45)62-26-20-50(17-23-59-35-41)65(54,55)47-12-6-38(2)7-13-47/h4-15,28-33H,16-27,34-36H2,1-3H3. The lowest BCUT2D eigenvalue weighted by atomic mass is 10.1. The van der Waals surface area contributed by atoms with E-state index in [1.807, 2.05) is 39.0 Å². The van der Waals surface area contributed by atoms with Gasteiger partial charge in [-0.2, -0.15) is 12.9 Å². The first kappa shape index (κ1) is 49.0. The summed E-state index contributed by atoms with van der Waals surface area (Å²) in [6.45, 7) is 6.08. The second-order valence-electron chi connectivity index (χ2n) is 16.2. The third-order valence-corrected chi connectivity index (χ3v) is 16.8. The highest BCUT2D eigenvalue weighted by molar-refractivity contribution is 7.89. The van der Waals surface area contributed by atoms with Crippen LogP contribution in [0.1, 0.15) is 33.4 Å². The van der Waals surface area contributed by atoms with Crippen molar-refractivity contribution in [2.24, 2.45) is 0 Å². The molecule has 0 amide bonds. The van der Waals surface area contributed by atoms with E-state index in [1.54, 1.807) is 91.0 Å². The zero-order valence-corrected chi connectivity index (χ0v) is 39.9. The summed E-state index contributed by atoms with van der Waals surface area (Å²) in [6.07, 6.45) is 0. The first-order chi connectivity index (χ1) is 31.7. The Bertz CT molecular complexity index is 2410. The molecule has 3 aliphatic heterocycles. The van der Waals surface area contributed by atoms with Crippen molar-refractivity contribution >= 4 is 30.1 Å². The minimum Gasteiger partial charge on any atom is -0.492 e. The monoisotopic (exact) mass is 963 g/mol. The molecule has 0 unspecified atom stereocenters. The maximum absolute atomic E-state index is 14.1. The second-order valence-corrected chi connectivity index (χ2v) is 22.0. The zero-order chi connectivity index (χ0) is 46.7. The van der Waals surface area contributed by atoms with Crippen molar-refractivity contribution in [2.45, 2.75) is 55.3 Å². The van der Waals surface area contributed by atoms with Gasteiger partial charge in [0, 0.05) is 57.5 Å². The van der Waals surface area contributed by atoms with E-state index in [2.05, 4.69) is 0 Å². The van der Waals surface area contributed by atoms with Gasteiger partial charge in [-0.1, -0.05) is 71.3 Å². The van der Waals surface area contributed by atoms with Crippen LogP contribution in [0.3, 0.4) is 0 Å². The molecule has 15 nitrogen and oxygen atoms in total. The van der Waals surface area contributed by atoms with Crippen LogP contribution in [-0.4, -0.2) is 117 Å². The lowest BCUT2D eigenvalue weighted by molar-refractivity contribution is 0.100. The fourth-order valence-electron chi connectivity index (χ4n) is 7.38. The zero-order valence-electron chi connectivity index (χ0n) is 37.5. The molecule has 5 aromatic rings. The van der Waals surface area contributed by atoms with Gasteiger partial charge in [0.05, 0.1) is 54.3 Å². The predicted octanol–water partition coefficient (Wildman–Crippen LogP) is 6.10. The van der Waals surface area contributed by atoms with Crippen LogP contribution < -0.4 is 14.2 Å². The molecule has 0 saturated carbocycles. The number of ether oxygens (including phenoxy) is 6. The van der Waals surface area contributed by atoms with Crippen LogP contribution in [0.15, 0.2) is 124 Å². The molecule has 0 N–H and O–H groups in total. The van der Waals surface area contributed by atoms with E-state index in [0.29, 0.717) is 0 Å².